The largest absolute Gasteiger partial charge is 0.318 e. The van der Waals surface area contributed by atoms with E-state index in [9.17, 15) is 0 Å². The highest BCUT2D eigenvalue weighted by atomic mass is 15.3. The molecule has 2 heteroatoms. The van der Waals surface area contributed by atoms with Crippen LogP contribution in [0.2, 0.25) is 0 Å². The van der Waals surface area contributed by atoms with Crippen LogP contribution in [0.4, 0.5) is 5.69 Å². The topological polar surface area (TPSA) is 15.6 Å². The molecule has 8 rings (SSSR count). The molecule has 0 bridgehead atoms. The molecule has 0 radical (unpaired) electrons. The van der Waals surface area contributed by atoms with E-state index >= 15 is 0 Å². The summed E-state index contributed by atoms with van der Waals surface area (Å²) in [5, 5.41) is 7.56. The van der Waals surface area contributed by atoms with Crippen LogP contribution in [-0.4, -0.2) is 16.9 Å². The second kappa shape index (κ2) is 10.2. The number of hydrogen-bond donors (Lipinski definition) is 0. The Morgan fingerprint density at radius 1 is 0.444 bits per heavy atom. The van der Waals surface area contributed by atoms with Crippen LogP contribution in [0.5, 0.6) is 0 Å². The summed E-state index contributed by atoms with van der Waals surface area (Å²) in [5.74, 6) is 1.02. The average molecular weight is 581 g/mol. The zero-order chi connectivity index (χ0) is 30.8. The number of benzene rings is 7. The van der Waals surface area contributed by atoms with Crippen molar-refractivity contribution in [3.63, 3.8) is 0 Å². The van der Waals surface area contributed by atoms with Gasteiger partial charge in [-0.2, -0.15) is 0 Å². The minimum atomic E-state index is -0.269. The number of nitrogens with zero attached hydrogens (tertiary/aromatic N) is 2. The van der Waals surface area contributed by atoms with E-state index in [1.54, 1.807) is 0 Å². The molecule has 0 N–H and O–H groups in total. The molecule has 7 aromatic carbocycles. The van der Waals surface area contributed by atoms with Crippen LogP contribution in [0.25, 0.3) is 54.6 Å². The summed E-state index contributed by atoms with van der Waals surface area (Å²) in [5.41, 5.74) is 6.78. The van der Waals surface area contributed by atoms with E-state index in [-0.39, 0.29) is 11.1 Å². The van der Waals surface area contributed by atoms with Crippen LogP contribution in [0.15, 0.2) is 151 Å². The fraction of sp³-hybridized carbons (Fsp3) is 0.140. The Morgan fingerprint density at radius 3 is 1.58 bits per heavy atom. The van der Waals surface area contributed by atoms with Crippen molar-refractivity contribution in [2.45, 2.75) is 38.8 Å². The van der Waals surface area contributed by atoms with E-state index in [4.69, 9.17) is 4.99 Å². The quantitative estimate of drug-likeness (QED) is 0.189. The first-order valence-electron chi connectivity index (χ1n) is 15.8. The lowest BCUT2D eigenvalue weighted by molar-refractivity contribution is 0.338. The Hall–Kier alpha value is -5.21. The molecule has 0 amide bonds. The monoisotopic (exact) mass is 580 g/mol. The van der Waals surface area contributed by atoms with E-state index in [1.807, 2.05) is 0 Å². The van der Waals surface area contributed by atoms with Crippen molar-refractivity contribution in [3.8, 4) is 22.3 Å². The average Bonchev–Trinajstić information content (AvgIpc) is 3.26. The first-order chi connectivity index (χ1) is 21.8. The molecule has 0 saturated heterocycles. The second-order valence-electron chi connectivity index (χ2n) is 13.2. The van der Waals surface area contributed by atoms with Crippen molar-refractivity contribution in [1.82, 2.24) is 0 Å². The molecule has 1 aliphatic rings. The standard InChI is InChI=1S/C43H36N2/c1-42(2)43(3,4)45(41(44-42)30-16-6-5-7-17-30)34-20-14-19-32(28-34)39-35-21-10-12-23-37(35)40(38-24-13-11-22-36(38)39)33-26-25-29-15-8-9-18-31(29)27-33/h5-28H,1-4H3. The first-order valence-corrected chi connectivity index (χ1v) is 15.8. The molecule has 2 nitrogen and oxygen atoms in total. The van der Waals surface area contributed by atoms with Crippen LogP contribution in [0, 0.1) is 0 Å². The third-order valence-corrected chi connectivity index (χ3v) is 10.0. The maximum absolute atomic E-state index is 5.31. The summed E-state index contributed by atoms with van der Waals surface area (Å²) in [6.07, 6.45) is 0. The summed E-state index contributed by atoms with van der Waals surface area (Å²) in [4.78, 5) is 7.76. The third-order valence-electron chi connectivity index (χ3n) is 10.0. The molecule has 0 atom stereocenters. The number of amidine groups is 1. The SMILES string of the molecule is CC1(C)N=C(c2ccccc2)N(c2cccc(-c3c4ccccc4c(-c4ccc5ccccc5c4)c4ccccc34)c2)C1(C)C. The lowest BCUT2D eigenvalue weighted by Crippen LogP contribution is -2.53. The van der Waals surface area contributed by atoms with Crippen LogP contribution >= 0.6 is 0 Å². The lowest BCUT2D eigenvalue weighted by Gasteiger charge is -2.41. The first kappa shape index (κ1) is 27.3. The van der Waals surface area contributed by atoms with Crippen LogP contribution in [0.3, 0.4) is 0 Å². The fourth-order valence-electron chi connectivity index (χ4n) is 7.11. The number of aliphatic imine (C=N–C) groups is 1. The van der Waals surface area contributed by atoms with Gasteiger partial charge in [0.2, 0.25) is 0 Å². The van der Waals surface area contributed by atoms with Gasteiger partial charge in [-0.3, -0.25) is 4.99 Å². The summed E-state index contributed by atoms with van der Waals surface area (Å²) in [6.45, 7) is 9.10. The van der Waals surface area contributed by atoms with Crippen LogP contribution in [0.1, 0.15) is 33.3 Å². The molecule has 1 heterocycles. The van der Waals surface area contributed by atoms with Gasteiger partial charge in [-0.25, -0.2) is 0 Å². The maximum Gasteiger partial charge on any atom is 0.136 e. The van der Waals surface area contributed by atoms with Crippen LogP contribution < -0.4 is 4.90 Å². The Labute approximate surface area is 265 Å². The highest BCUT2D eigenvalue weighted by Crippen LogP contribution is 2.46. The van der Waals surface area contributed by atoms with Gasteiger partial charge in [0.25, 0.3) is 0 Å². The Kier molecular flexibility index (Phi) is 6.18. The molecule has 45 heavy (non-hydrogen) atoms. The Morgan fingerprint density at radius 2 is 0.956 bits per heavy atom. The van der Waals surface area contributed by atoms with Gasteiger partial charge < -0.3 is 4.90 Å². The summed E-state index contributed by atoms with van der Waals surface area (Å²) < 4.78 is 0. The van der Waals surface area contributed by atoms with Crippen molar-refractivity contribution < 1.29 is 0 Å². The molecule has 0 spiro atoms. The van der Waals surface area contributed by atoms with E-state index < -0.39 is 0 Å². The van der Waals surface area contributed by atoms with Gasteiger partial charge in [0, 0.05) is 11.3 Å². The normalized spacial score (nSPS) is 15.6. The maximum atomic E-state index is 5.31. The van der Waals surface area contributed by atoms with Gasteiger partial charge in [0.1, 0.15) is 5.84 Å². The van der Waals surface area contributed by atoms with Crippen molar-refractivity contribution in [3.05, 3.63) is 151 Å². The molecule has 0 saturated carbocycles. The molecule has 0 fully saturated rings. The minimum absolute atomic E-state index is 0.235. The summed E-state index contributed by atoms with van der Waals surface area (Å²) in [6, 6.07) is 52.9. The molecule has 218 valence electrons. The number of fused-ring (bicyclic) bond motifs is 3. The Bertz CT molecular complexity index is 2220. The molecular formula is C43H36N2. The van der Waals surface area contributed by atoms with Gasteiger partial charge in [-0.05, 0) is 100 Å². The van der Waals surface area contributed by atoms with E-state index in [0.717, 1.165) is 17.1 Å². The molecule has 0 unspecified atom stereocenters. The number of hydrogen-bond acceptors (Lipinski definition) is 2. The smallest absolute Gasteiger partial charge is 0.136 e. The molecule has 0 aliphatic carbocycles. The van der Waals surface area contributed by atoms with E-state index in [2.05, 4.69) is 178 Å². The Balaban J connectivity index is 1.37. The molecule has 7 aromatic rings. The highest BCUT2D eigenvalue weighted by Gasteiger charge is 2.49. The fourth-order valence-corrected chi connectivity index (χ4v) is 7.11. The van der Waals surface area contributed by atoms with Crippen molar-refractivity contribution in [1.29, 1.82) is 0 Å². The summed E-state index contributed by atoms with van der Waals surface area (Å²) in [7, 11) is 0. The van der Waals surface area contributed by atoms with Gasteiger partial charge >= 0.3 is 0 Å². The number of anilines is 1. The summed E-state index contributed by atoms with van der Waals surface area (Å²) >= 11 is 0. The number of rotatable bonds is 4. The molecule has 0 aromatic heterocycles. The lowest BCUT2D eigenvalue weighted by atomic mass is 9.82. The third kappa shape index (κ3) is 4.28. The van der Waals surface area contributed by atoms with Gasteiger partial charge in [0.15, 0.2) is 0 Å². The van der Waals surface area contributed by atoms with Gasteiger partial charge in [-0.15, -0.1) is 0 Å². The van der Waals surface area contributed by atoms with E-state index in [0.29, 0.717) is 0 Å². The molecule has 1 aliphatic heterocycles. The zero-order valence-electron chi connectivity index (χ0n) is 26.3. The zero-order valence-corrected chi connectivity index (χ0v) is 26.3. The van der Waals surface area contributed by atoms with E-state index in [1.165, 1.54) is 54.6 Å². The predicted molar refractivity (Wildman–Crippen MR) is 193 cm³/mol. The minimum Gasteiger partial charge on any atom is -0.318 e. The highest BCUT2D eigenvalue weighted by molar-refractivity contribution is 6.22. The van der Waals surface area contributed by atoms with Crippen molar-refractivity contribution >= 4 is 43.8 Å². The van der Waals surface area contributed by atoms with Gasteiger partial charge in [0.05, 0.1) is 11.1 Å². The van der Waals surface area contributed by atoms with Crippen molar-refractivity contribution in [2.75, 3.05) is 4.90 Å². The second-order valence-corrected chi connectivity index (χ2v) is 13.2. The van der Waals surface area contributed by atoms with Crippen LogP contribution in [-0.2, 0) is 0 Å². The predicted octanol–water partition coefficient (Wildman–Crippen LogP) is 11.3. The van der Waals surface area contributed by atoms with Gasteiger partial charge in [-0.1, -0.05) is 127 Å². The molecular weight excluding hydrogens is 544 g/mol. The van der Waals surface area contributed by atoms with Crippen molar-refractivity contribution in [2.24, 2.45) is 4.99 Å².